The van der Waals surface area contributed by atoms with Gasteiger partial charge in [0.2, 0.25) is 0 Å². The van der Waals surface area contributed by atoms with Crippen molar-refractivity contribution in [2.75, 3.05) is 7.11 Å². The van der Waals surface area contributed by atoms with Gasteiger partial charge in [-0.25, -0.2) is 4.79 Å². The zero-order valence-electron chi connectivity index (χ0n) is 9.83. The lowest BCUT2D eigenvalue weighted by atomic mass is 10.1. The summed E-state index contributed by atoms with van der Waals surface area (Å²) in [7, 11) is 1.57. The van der Waals surface area contributed by atoms with Crippen molar-refractivity contribution in [2.24, 2.45) is 0 Å². The summed E-state index contributed by atoms with van der Waals surface area (Å²) < 4.78 is 11.2. The number of carbonyl (C=O) groups excluding carboxylic acids is 1. The van der Waals surface area contributed by atoms with Crippen LogP contribution < -0.4 is 4.74 Å². The lowest BCUT2D eigenvalue weighted by Crippen LogP contribution is -2.24. The Balaban J connectivity index is 2.98. The van der Waals surface area contributed by atoms with E-state index in [2.05, 4.69) is 22.6 Å². The maximum absolute atomic E-state index is 11.9. The van der Waals surface area contributed by atoms with E-state index in [0.29, 0.717) is 11.3 Å². The van der Waals surface area contributed by atoms with E-state index in [1.807, 2.05) is 32.9 Å². The van der Waals surface area contributed by atoms with Gasteiger partial charge in [0.25, 0.3) is 0 Å². The second-order valence-electron chi connectivity index (χ2n) is 4.35. The van der Waals surface area contributed by atoms with E-state index in [1.54, 1.807) is 13.2 Å². The van der Waals surface area contributed by atoms with Gasteiger partial charge in [0, 0.05) is 3.57 Å². The molecular weight excluding hydrogens is 319 g/mol. The molecule has 1 rings (SSSR count). The minimum absolute atomic E-state index is 0.323. The number of ether oxygens (including phenoxy) is 2. The van der Waals surface area contributed by atoms with Crippen LogP contribution in [0.15, 0.2) is 18.2 Å². The molecule has 0 aliphatic carbocycles. The zero-order chi connectivity index (χ0) is 12.3. The largest absolute Gasteiger partial charge is 0.497 e. The number of hydrogen-bond acceptors (Lipinski definition) is 3. The molecule has 0 aliphatic rings. The van der Waals surface area contributed by atoms with Gasteiger partial charge < -0.3 is 9.47 Å². The monoisotopic (exact) mass is 334 g/mol. The molecule has 0 amide bonds. The molecule has 0 fully saturated rings. The lowest BCUT2D eigenvalue weighted by Gasteiger charge is -2.20. The van der Waals surface area contributed by atoms with E-state index < -0.39 is 5.60 Å². The summed E-state index contributed by atoms with van der Waals surface area (Å²) in [5.41, 5.74) is 0.0540. The summed E-state index contributed by atoms with van der Waals surface area (Å²) in [5, 5.41) is 0. The first-order valence-corrected chi connectivity index (χ1v) is 5.98. The number of methoxy groups -OCH3 is 1. The van der Waals surface area contributed by atoms with Crippen LogP contribution in [0.5, 0.6) is 5.75 Å². The summed E-state index contributed by atoms with van der Waals surface area (Å²) in [5.74, 6) is 0.331. The summed E-state index contributed by atoms with van der Waals surface area (Å²) >= 11 is 2.10. The zero-order valence-corrected chi connectivity index (χ0v) is 12.0. The van der Waals surface area contributed by atoms with Crippen molar-refractivity contribution in [2.45, 2.75) is 26.4 Å². The molecule has 0 atom stereocenters. The SMILES string of the molecule is COc1ccc(I)c(C(=O)OC(C)(C)C)c1. The Morgan fingerprint density at radius 1 is 1.31 bits per heavy atom. The van der Waals surface area contributed by atoms with Crippen molar-refractivity contribution < 1.29 is 14.3 Å². The summed E-state index contributed by atoms with van der Waals surface area (Å²) in [6.07, 6.45) is 0. The molecular formula is C12H15IO3. The minimum atomic E-state index is -0.483. The summed E-state index contributed by atoms with van der Waals surface area (Å²) in [6.45, 7) is 5.54. The van der Waals surface area contributed by atoms with Crippen LogP contribution in [0.1, 0.15) is 31.1 Å². The Bertz CT molecular complexity index is 394. The van der Waals surface area contributed by atoms with Crippen molar-refractivity contribution in [1.29, 1.82) is 0 Å². The maximum atomic E-state index is 11.9. The number of rotatable bonds is 2. The fraction of sp³-hybridized carbons (Fsp3) is 0.417. The molecule has 0 saturated heterocycles. The molecule has 0 aliphatic heterocycles. The van der Waals surface area contributed by atoms with Crippen LogP contribution in [0.25, 0.3) is 0 Å². The Labute approximate surface area is 109 Å². The van der Waals surface area contributed by atoms with Gasteiger partial charge in [-0.3, -0.25) is 0 Å². The van der Waals surface area contributed by atoms with E-state index in [-0.39, 0.29) is 5.97 Å². The summed E-state index contributed by atoms with van der Waals surface area (Å²) in [4.78, 5) is 11.9. The standard InChI is InChI=1S/C12H15IO3/c1-12(2,3)16-11(14)9-7-8(15-4)5-6-10(9)13/h5-7H,1-4H3. The molecule has 0 N–H and O–H groups in total. The molecule has 0 radical (unpaired) electrons. The molecule has 1 aromatic carbocycles. The molecule has 0 spiro atoms. The third-order valence-electron chi connectivity index (χ3n) is 1.79. The van der Waals surface area contributed by atoms with Gasteiger partial charge in [-0.1, -0.05) is 0 Å². The predicted octanol–water partition coefficient (Wildman–Crippen LogP) is 3.26. The average Bonchev–Trinajstić information content (AvgIpc) is 2.15. The molecule has 0 bridgehead atoms. The fourth-order valence-corrected chi connectivity index (χ4v) is 1.68. The number of hydrogen-bond donors (Lipinski definition) is 0. The molecule has 0 aromatic heterocycles. The van der Waals surface area contributed by atoms with E-state index in [4.69, 9.17) is 9.47 Å². The summed E-state index contributed by atoms with van der Waals surface area (Å²) in [6, 6.07) is 5.34. The topological polar surface area (TPSA) is 35.5 Å². The van der Waals surface area contributed by atoms with Crippen LogP contribution in [0, 0.1) is 3.57 Å². The normalized spacial score (nSPS) is 11.1. The number of esters is 1. The molecule has 4 heteroatoms. The van der Waals surface area contributed by atoms with Gasteiger partial charge in [-0.15, -0.1) is 0 Å². The first-order chi connectivity index (χ1) is 7.33. The van der Waals surface area contributed by atoms with Crippen molar-refractivity contribution in [1.82, 2.24) is 0 Å². The highest BCUT2D eigenvalue weighted by atomic mass is 127. The minimum Gasteiger partial charge on any atom is -0.497 e. The van der Waals surface area contributed by atoms with Gasteiger partial charge in [0.1, 0.15) is 11.4 Å². The molecule has 0 heterocycles. The predicted molar refractivity (Wildman–Crippen MR) is 70.9 cm³/mol. The molecule has 16 heavy (non-hydrogen) atoms. The highest BCUT2D eigenvalue weighted by molar-refractivity contribution is 14.1. The van der Waals surface area contributed by atoms with Crippen LogP contribution in [-0.4, -0.2) is 18.7 Å². The van der Waals surface area contributed by atoms with E-state index in [0.717, 1.165) is 3.57 Å². The molecule has 1 aromatic rings. The Morgan fingerprint density at radius 2 is 1.94 bits per heavy atom. The quantitative estimate of drug-likeness (QED) is 0.615. The first-order valence-electron chi connectivity index (χ1n) is 4.90. The Kier molecular flexibility index (Phi) is 4.18. The van der Waals surface area contributed by atoms with Gasteiger partial charge in [0.05, 0.1) is 12.7 Å². The van der Waals surface area contributed by atoms with Crippen LogP contribution in [0.4, 0.5) is 0 Å². The van der Waals surface area contributed by atoms with Crippen LogP contribution >= 0.6 is 22.6 Å². The van der Waals surface area contributed by atoms with Crippen molar-refractivity contribution in [3.63, 3.8) is 0 Å². The number of carbonyl (C=O) groups is 1. The van der Waals surface area contributed by atoms with Crippen LogP contribution in [0.3, 0.4) is 0 Å². The van der Waals surface area contributed by atoms with Crippen LogP contribution in [-0.2, 0) is 4.74 Å². The molecule has 0 saturated carbocycles. The molecule has 88 valence electrons. The highest BCUT2D eigenvalue weighted by Crippen LogP contribution is 2.22. The highest BCUT2D eigenvalue weighted by Gasteiger charge is 2.20. The van der Waals surface area contributed by atoms with Gasteiger partial charge in [-0.2, -0.15) is 0 Å². The van der Waals surface area contributed by atoms with Gasteiger partial charge in [-0.05, 0) is 61.6 Å². The number of benzene rings is 1. The smallest absolute Gasteiger partial charge is 0.339 e. The third-order valence-corrected chi connectivity index (χ3v) is 2.73. The number of halogens is 1. The van der Waals surface area contributed by atoms with Crippen LogP contribution in [0.2, 0.25) is 0 Å². The second-order valence-corrected chi connectivity index (χ2v) is 5.51. The fourth-order valence-electron chi connectivity index (χ4n) is 1.12. The maximum Gasteiger partial charge on any atom is 0.339 e. The Hall–Kier alpha value is -0.780. The Morgan fingerprint density at radius 3 is 2.44 bits per heavy atom. The molecule has 0 unspecified atom stereocenters. The second kappa shape index (κ2) is 5.03. The van der Waals surface area contributed by atoms with E-state index in [9.17, 15) is 4.79 Å². The molecule has 3 nitrogen and oxygen atoms in total. The van der Waals surface area contributed by atoms with E-state index >= 15 is 0 Å². The van der Waals surface area contributed by atoms with Crippen molar-refractivity contribution >= 4 is 28.6 Å². The van der Waals surface area contributed by atoms with Crippen molar-refractivity contribution in [3.8, 4) is 5.75 Å². The van der Waals surface area contributed by atoms with Crippen molar-refractivity contribution in [3.05, 3.63) is 27.3 Å². The van der Waals surface area contributed by atoms with Gasteiger partial charge in [0.15, 0.2) is 0 Å². The average molecular weight is 334 g/mol. The first kappa shape index (κ1) is 13.3. The van der Waals surface area contributed by atoms with E-state index in [1.165, 1.54) is 0 Å². The lowest BCUT2D eigenvalue weighted by molar-refractivity contribution is 0.00680. The third kappa shape index (κ3) is 3.66. The van der Waals surface area contributed by atoms with Gasteiger partial charge >= 0.3 is 5.97 Å².